The summed E-state index contributed by atoms with van der Waals surface area (Å²) in [5, 5.41) is 3.46. The van der Waals surface area contributed by atoms with E-state index in [1.807, 2.05) is 36.1 Å². The summed E-state index contributed by atoms with van der Waals surface area (Å²) in [6.45, 7) is 6.16. The fraction of sp³-hybridized carbons (Fsp3) is 0.588. The molecule has 5 heteroatoms. The van der Waals surface area contributed by atoms with Crippen molar-refractivity contribution in [3.8, 4) is 5.75 Å². The van der Waals surface area contributed by atoms with Crippen LogP contribution in [0, 0.1) is 18.8 Å². The van der Waals surface area contributed by atoms with Crippen LogP contribution in [0.4, 0.5) is 0 Å². The molecule has 2 fully saturated rings. The molecule has 1 aromatic carbocycles. The molecule has 0 unspecified atom stereocenters. The summed E-state index contributed by atoms with van der Waals surface area (Å²) < 4.78 is 5.63. The van der Waals surface area contributed by atoms with Gasteiger partial charge in [-0.3, -0.25) is 4.79 Å². The minimum atomic E-state index is 0. The van der Waals surface area contributed by atoms with Gasteiger partial charge in [-0.25, -0.2) is 0 Å². The van der Waals surface area contributed by atoms with Gasteiger partial charge < -0.3 is 15.0 Å². The standard InChI is InChI=1S/C17H24N2O2.ClH/c1-13-3-2-4-16(9-13)21-12-17(20)19-7-5-14-10-18-11-15(14)6-8-19;/h2-4,9,14-15,18H,5-8,10-12H2,1H3;1H/t14-,15+;. The smallest absolute Gasteiger partial charge is 0.260 e. The molecular formula is C17H25ClN2O2. The van der Waals surface area contributed by atoms with E-state index in [1.165, 1.54) is 0 Å². The van der Waals surface area contributed by atoms with Crippen LogP contribution in [-0.4, -0.2) is 43.6 Å². The van der Waals surface area contributed by atoms with Gasteiger partial charge in [0.2, 0.25) is 0 Å². The van der Waals surface area contributed by atoms with E-state index in [4.69, 9.17) is 4.74 Å². The van der Waals surface area contributed by atoms with Crippen LogP contribution in [0.2, 0.25) is 0 Å². The highest BCUT2D eigenvalue weighted by Crippen LogP contribution is 2.27. The van der Waals surface area contributed by atoms with E-state index >= 15 is 0 Å². The molecule has 0 aliphatic carbocycles. The van der Waals surface area contributed by atoms with Gasteiger partial charge >= 0.3 is 0 Å². The molecule has 122 valence electrons. The molecule has 0 radical (unpaired) electrons. The Balaban J connectivity index is 0.00000176. The quantitative estimate of drug-likeness (QED) is 0.927. The number of rotatable bonds is 3. The number of ether oxygens (including phenoxy) is 1. The minimum Gasteiger partial charge on any atom is -0.484 e. The highest BCUT2D eigenvalue weighted by molar-refractivity contribution is 5.85. The van der Waals surface area contributed by atoms with Crippen LogP contribution in [0.15, 0.2) is 24.3 Å². The second kappa shape index (κ2) is 7.84. The van der Waals surface area contributed by atoms with Gasteiger partial charge in [0, 0.05) is 13.1 Å². The highest BCUT2D eigenvalue weighted by atomic mass is 35.5. The van der Waals surface area contributed by atoms with Crippen molar-refractivity contribution in [2.24, 2.45) is 11.8 Å². The van der Waals surface area contributed by atoms with Crippen LogP contribution in [-0.2, 0) is 4.79 Å². The van der Waals surface area contributed by atoms with Crippen molar-refractivity contribution < 1.29 is 9.53 Å². The van der Waals surface area contributed by atoms with Crippen molar-refractivity contribution in [2.75, 3.05) is 32.8 Å². The van der Waals surface area contributed by atoms with E-state index in [0.717, 1.165) is 62.2 Å². The van der Waals surface area contributed by atoms with Crippen molar-refractivity contribution in [1.29, 1.82) is 0 Å². The Hall–Kier alpha value is -1.26. The van der Waals surface area contributed by atoms with E-state index < -0.39 is 0 Å². The van der Waals surface area contributed by atoms with Gasteiger partial charge in [0.05, 0.1) is 0 Å². The summed E-state index contributed by atoms with van der Waals surface area (Å²) in [6.07, 6.45) is 2.24. The Morgan fingerprint density at radius 1 is 1.27 bits per heavy atom. The number of hydrogen-bond donors (Lipinski definition) is 1. The van der Waals surface area contributed by atoms with E-state index in [1.54, 1.807) is 0 Å². The van der Waals surface area contributed by atoms with E-state index in [2.05, 4.69) is 5.32 Å². The van der Waals surface area contributed by atoms with Crippen LogP contribution in [0.3, 0.4) is 0 Å². The molecule has 0 aromatic heterocycles. The number of amides is 1. The first kappa shape index (κ1) is 17.1. The van der Waals surface area contributed by atoms with Crippen LogP contribution >= 0.6 is 12.4 Å². The molecule has 1 aromatic rings. The monoisotopic (exact) mass is 324 g/mol. The lowest BCUT2D eigenvalue weighted by molar-refractivity contribution is -0.133. The molecule has 0 bridgehead atoms. The number of carbonyl (C=O) groups is 1. The van der Waals surface area contributed by atoms with Crippen molar-refractivity contribution in [1.82, 2.24) is 10.2 Å². The predicted octanol–water partition coefficient (Wildman–Crippen LogP) is 2.25. The lowest BCUT2D eigenvalue weighted by atomic mass is 9.92. The van der Waals surface area contributed by atoms with Crippen molar-refractivity contribution in [3.05, 3.63) is 29.8 Å². The third kappa shape index (κ3) is 4.14. The van der Waals surface area contributed by atoms with Crippen LogP contribution in [0.25, 0.3) is 0 Å². The SMILES string of the molecule is Cc1cccc(OCC(=O)N2CC[C@@H]3CNC[C@@H]3CC2)c1.Cl. The van der Waals surface area contributed by atoms with Crippen LogP contribution < -0.4 is 10.1 Å². The Labute approximate surface area is 138 Å². The van der Waals surface area contributed by atoms with Gasteiger partial charge in [0.25, 0.3) is 5.91 Å². The lowest BCUT2D eigenvalue weighted by Crippen LogP contribution is -2.36. The Morgan fingerprint density at radius 3 is 2.59 bits per heavy atom. The fourth-order valence-electron chi connectivity index (χ4n) is 3.41. The number of carbonyl (C=O) groups excluding carboxylic acids is 1. The average Bonchev–Trinajstić information content (AvgIpc) is 2.83. The highest BCUT2D eigenvalue weighted by Gasteiger charge is 2.31. The predicted molar refractivity (Wildman–Crippen MR) is 89.6 cm³/mol. The van der Waals surface area contributed by atoms with Gasteiger partial charge in [-0.2, -0.15) is 0 Å². The fourth-order valence-corrected chi connectivity index (χ4v) is 3.41. The van der Waals surface area contributed by atoms with Gasteiger partial charge in [-0.05, 0) is 62.4 Å². The Bertz CT molecular complexity index is 495. The molecule has 2 saturated heterocycles. The van der Waals surface area contributed by atoms with E-state index in [0.29, 0.717) is 0 Å². The molecule has 1 N–H and O–H groups in total. The summed E-state index contributed by atoms with van der Waals surface area (Å²) in [6, 6.07) is 7.84. The normalized spacial score (nSPS) is 24.1. The second-order valence-electron chi connectivity index (χ2n) is 6.24. The number of nitrogens with zero attached hydrogens (tertiary/aromatic N) is 1. The van der Waals surface area contributed by atoms with Gasteiger partial charge in [-0.15, -0.1) is 12.4 Å². The van der Waals surface area contributed by atoms with Crippen molar-refractivity contribution >= 4 is 18.3 Å². The first-order chi connectivity index (χ1) is 10.2. The maximum absolute atomic E-state index is 12.3. The van der Waals surface area contributed by atoms with Gasteiger partial charge in [0.1, 0.15) is 5.75 Å². The van der Waals surface area contributed by atoms with Crippen LogP contribution in [0.1, 0.15) is 18.4 Å². The molecule has 0 spiro atoms. The number of benzene rings is 1. The number of halogens is 1. The maximum atomic E-state index is 12.3. The number of hydrogen-bond acceptors (Lipinski definition) is 3. The molecular weight excluding hydrogens is 300 g/mol. The maximum Gasteiger partial charge on any atom is 0.260 e. The topological polar surface area (TPSA) is 41.6 Å². The zero-order valence-corrected chi connectivity index (χ0v) is 13.9. The molecule has 1 amide bonds. The van der Waals surface area contributed by atoms with E-state index in [9.17, 15) is 4.79 Å². The summed E-state index contributed by atoms with van der Waals surface area (Å²) in [7, 11) is 0. The van der Waals surface area contributed by atoms with Crippen molar-refractivity contribution in [2.45, 2.75) is 19.8 Å². The first-order valence-electron chi connectivity index (χ1n) is 7.90. The van der Waals surface area contributed by atoms with E-state index in [-0.39, 0.29) is 24.9 Å². The Kier molecular flexibility index (Phi) is 6.09. The number of likely N-dealkylation sites (tertiary alicyclic amines) is 1. The second-order valence-corrected chi connectivity index (χ2v) is 6.24. The molecule has 2 aliphatic heterocycles. The molecule has 0 saturated carbocycles. The molecule has 4 nitrogen and oxygen atoms in total. The van der Waals surface area contributed by atoms with Crippen LogP contribution in [0.5, 0.6) is 5.75 Å². The van der Waals surface area contributed by atoms with Crippen molar-refractivity contribution in [3.63, 3.8) is 0 Å². The molecule has 22 heavy (non-hydrogen) atoms. The first-order valence-corrected chi connectivity index (χ1v) is 7.90. The van der Waals surface area contributed by atoms with Gasteiger partial charge in [-0.1, -0.05) is 12.1 Å². The molecule has 3 rings (SSSR count). The number of fused-ring (bicyclic) bond motifs is 1. The Morgan fingerprint density at radius 2 is 1.95 bits per heavy atom. The number of nitrogens with one attached hydrogen (secondary N) is 1. The molecule has 2 aliphatic rings. The third-order valence-corrected chi connectivity index (χ3v) is 4.72. The largest absolute Gasteiger partial charge is 0.484 e. The summed E-state index contributed by atoms with van der Waals surface area (Å²) in [4.78, 5) is 14.3. The zero-order valence-electron chi connectivity index (χ0n) is 13.1. The lowest BCUT2D eigenvalue weighted by Gasteiger charge is -2.21. The van der Waals surface area contributed by atoms with Gasteiger partial charge in [0.15, 0.2) is 6.61 Å². The number of aryl methyl sites for hydroxylation is 1. The summed E-state index contributed by atoms with van der Waals surface area (Å²) in [5.41, 5.74) is 1.15. The average molecular weight is 325 g/mol. The third-order valence-electron chi connectivity index (χ3n) is 4.72. The summed E-state index contributed by atoms with van der Waals surface area (Å²) >= 11 is 0. The summed E-state index contributed by atoms with van der Waals surface area (Å²) in [5.74, 6) is 2.39. The minimum absolute atomic E-state index is 0. The molecule has 2 heterocycles. The molecule has 2 atom stereocenters. The zero-order chi connectivity index (χ0) is 14.7.